The Bertz CT molecular complexity index is 828. The highest BCUT2D eigenvalue weighted by Crippen LogP contribution is 2.16. The Morgan fingerprint density at radius 1 is 1.25 bits per heavy atom. The molecule has 0 bridgehead atoms. The van der Waals surface area contributed by atoms with Gasteiger partial charge >= 0.3 is 5.82 Å². The fourth-order valence-electron chi connectivity index (χ4n) is 1.84. The monoisotopic (exact) mass is 325 g/mol. The van der Waals surface area contributed by atoms with E-state index in [0.717, 1.165) is 11.1 Å². The molecule has 0 aliphatic rings. The summed E-state index contributed by atoms with van der Waals surface area (Å²) in [6.45, 7) is 3.56. The van der Waals surface area contributed by atoms with Crippen LogP contribution in [0.2, 0.25) is 0 Å². The second kappa shape index (κ2) is 7.49. The summed E-state index contributed by atoms with van der Waals surface area (Å²) >= 11 is 0. The number of nitro groups is 1. The van der Waals surface area contributed by atoms with E-state index in [4.69, 9.17) is 11.5 Å². The third kappa shape index (κ3) is 4.13. The van der Waals surface area contributed by atoms with Crippen molar-refractivity contribution < 1.29 is 4.92 Å². The van der Waals surface area contributed by atoms with Crippen LogP contribution in [0.4, 0.5) is 5.82 Å². The molecule has 0 atom stereocenters. The Hall–Kier alpha value is -3.75. The summed E-state index contributed by atoms with van der Waals surface area (Å²) in [6.07, 6.45) is 7.49. The second-order valence-corrected chi connectivity index (χ2v) is 4.55. The first-order valence-corrected chi connectivity index (χ1v) is 6.75. The molecule has 0 saturated carbocycles. The summed E-state index contributed by atoms with van der Waals surface area (Å²) in [5, 5.41) is 18.1. The summed E-state index contributed by atoms with van der Waals surface area (Å²) in [5.41, 5.74) is 12.0. The largest absolute Gasteiger partial charge is 0.369 e. The number of imidazole rings is 1. The molecule has 1 aromatic heterocycles. The standard InChI is InChI=1S/C15H15N7O2/c1-2-21-13(18-10-14(21)22(23)24)8-7-11-3-5-12(6-4-11)9-19-20-15(16)17/h2-10H,1H2,(H4,16,17,20)/b8-7+,19-9+. The lowest BCUT2D eigenvalue weighted by atomic mass is 10.1. The van der Waals surface area contributed by atoms with Gasteiger partial charge in [0.1, 0.15) is 6.20 Å². The molecule has 4 N–H and O–H groups in total. The van der Waals surface area contributed by atoms with Gasteiger partial charge in [0.15, 0.2) is 0 Å². The number of rotatable bonds is 6. The molecule has 24 heavy (non-hydrogen) atoms. The van der Waals surface area contributed by atoms with Crippen LogP contribution in [-0.4, -0.2) is 26.6 Å². The fourth-order valence-corrected chi connectivity index (χ4v) is 1.84. The topological polar surface area (TPSA) is 138 Å². The molecule has 0 fully saturated rings. The van der Waals surface area contributed by atoms with E-state index >= 15 is 0 Å². The molecule has 0 spiro atoms. The van der Waals surface area contributed by atoms with Gasteiger partial charge in [-0.25, -0.2) is 4.98 Å². The smallest absolute Gasteiger partial charge is 0.347 e. The van der Waals surface area contributed by atoms with E-state index in [-0.39, 0.29) is 11.8 Å². The summed E-state index contributed by atoms with van der Waals surface area (Å²) in [4.78, 5) is 14.4. The first-order valence-electron chi connectivity index (χ1n) is 6.75. The van der Waals surface area contributed by atoms with Gasteiger partial charge in [-0.3, -0.25) is 0 Å². The van der Waals surface area contributed by atoms with Crippen LogP contribution < -0.4 is 11.5 Å². The van der Waals surface area contributed by atoms with Crippen LogP contribution >= 0.6 is 0 Å². The van der Waals surface area contributed by atoms with Gasteiger partial charge in [0, 0.05) is 6.08 Å². The predicted octanol–water partition coefficient (Wildman–Crippen LogP) is 1.67. The maximum Gasteiger partial charge on any atom is 0.347 e. The van der Waals surface area contributed by atoms with Crippen molar-refractivity contribution in [2.24, 2.45) is 21.7 Å². The first-order chi connectivity index (χ1) is 11.5. The van der Waals surface area contributed by atoms with Gasteiger partial charge in [-0.1, -0.05) is 30.8 Å². The first kappa shape index (κ1) is 16.6. The van der Waals surface area contributed by atoms with E-state index in [1.165, 1.54) is 23.2 Å². The molecule has 9 heteroatoms. The molecule has 0 aliphatic heterocycles. The highest BCUT2D eigenvalue weighted by atomic mass is 16.6. The maximum absolute atomic E-state index is 10.9. The molecule has 2 aromatic rings. The van der Waals surface area contributed by atoms with Crippen molar-refractivity contribution in [3.05, 3.63) is 64.1 Å². The number of aromatic nitrogens is 2. The van der Waals surface area contributed by atoms with Crippen LogP contribution in [-0.2, 0) is 0 Å². The average Bonchev–Trinajstić information content (AvgIpc) is 2.97. The predicted molar refractivity (Wildman–Crippen MR) is 94.0 cm³/mol. The van der Waals surface area contributed by atoms with Gasteiger partial charge in [0.2, 0.25) is 11.8 Å². The van der Waals surface area contributed by atoms with Crippen molar-refractivity contribution in [3.63, 3.8) is 0 Å². The normalized spacial score (nSPS) is 11.0. The van der Waals surface area contributed by atoms with Crippen molar-refractivity contribution in [1.82, 2.24) is 9.55 Å². The quantitative estimate of drug-likeness (QED) is 0.360. The molecule has 1 heterocycles. The molecule has 9 nitrogen and oxygen atoms in total. The molecule has 1 aromatic carbocycles. The molecule has 0 aliphatic carbocycles. The number of hydrogen-bond acceptors (Lipinski definition) is 5. The van der Waals surface area contributed by atoms with Crippen molar-refractivity contribution in [2.45, 2.75) is 0 Å². The minimum atomic E-state index is -0.517. The second-order valence-electron chi connectivity index (χ2n) is 4.55. The van der Waals surface area contributed by atoms with E-state index in [0.29, 0.717) is 5.82 Å². The molecule has 0 unspecified atom stereocenters. The van der Waals surface area contributed by atoms with Gasteiger partial charge in [-0.05, 0) is 22.1 Å². The Kier molecular flexibility index (Phi) is 5.19. The van der Waals surface area contributed by atoms with E-state index < -0.39 is 4.92 Å². The summed E-state index contributed by atoms with van der Waals surface area (Å²) in [5.74, 6) is 0.156. The number of nitrogens with zero attached hydrogens (tertiary/aromatic N) is 5. The van der Waals surface area contributed by atoms with Crippen molar-refractivity contribution in [1.29, 1.82) is 0 Å². The zero-order valence-electron chi connectivity index (χ0n) is 12.6. The lowest BCUT2D eigenvalue weighted by Crippen LogP contribution is -2.21. The van der Waals surface area contributed by atoms with Crippen LogP contribution in [0.25, 0.3) is 18.4 Å². The van der Waals surface area contributed by atoms with Crippen LogP contribution in [0, 0.1) is 10.1 Å². The molecule has 2 rings (SSSR count). The number of benzene rings is 1. The zero-order chi connectivity index (χ0) is 17.5. The van der Waals surface area contributed by atoms with Crippen molar-refractivity contribution in [2.75, 3.05) is 0 Å². The molecular formula is C15H15N7O2. The van der Waals surface area contributed by atoms with Crippen LogP contribution in [0.3, 0.4) is 0 Å². The van der Waals surface area contributed by atoms with E-state index in [2.05, 4.69) is 21.8 Å². The van der Waals surface area contributed by atoms with Crippen LogP contribution in [0.1, 0.15) is 17.0 Å². The Morgan fingerprint density at radius 2 is 1.92 bits per heavy atom. The average molecular weight is 325 g/mol. The van der Waals surface area contributed by atoms with Crippen LogP contribution in [0.5, 0.6) is 0 Å². The zero-order valence-corrected chi connectivity index (χ0v) is 12.6. The fraction of sp³-hybridized carbons (Fsp3) is 0. The van der Waals surface area contributed by atoms with E-state index in [9.17, 15) is 10.1 Å². The highest BCUT2D eigenvalue weighted by molar-refractivity contribution is 5.82. The molecular weight excluding hydrogens is 310 g/mol. The third-order valence-corrected chi connectivity index (χ3v) is 2.92. The SMILES string of the molecule is C=Cn1c([N+](=O)[O-])cnc1/C=C/c1ccc(/C=N/N=C(N)N)cc1. The highest BCUT2D eigenvalue weighted by Gasteiger charge is 2.15. The van der Waals surface area contributed by atoms with Gasteiger partial charge in [0.05, 0.1) is 12.4 Å². The van der Waals surface area contributed by atoms with Crippen LogP contribution in [0.15, 0.2) is 47.2 Å². The molecule has 0 amide bonds. The molecule has 0 saturated heterocycles. The lowest BCUT2D eigenvalue weighted by Gasteiger charge is -1.96. The Morgan fingerprint density at radius 3 is 2.50 bits per heavy atom. The number of guanidine groups is 1. The molecule has 0 radical (unpaired) electrons. The third-order valence-electron chi connectivity index (χ3n) is 2.92. The minimum Gasteiger partial charge on any atom is -0.369 e. The van der Waals surface area contributed by atoms with Gasteiger partial charge in [-0.2, -0.15) is 9.67 Å². The van der Waals surface area contributed by atoms with Crippen molar-refractivity contribution >= 4 is 36.3 Å². The van der Waals surface area contributed by atoms with Gasteiger partial charge in [-0.15, -0.1) is 5.10 Å². The summed E-state index contributed by atoms with van der Waals surface area (Å²) < 4.78 is 1.30. The van der Waals surface area contributed by atoms with Crippen molar-refractivity contribution in [3.8, 4) is 0 Å². The Labute approximate surface area is 137 Å². The summed E-state index contributed by atoms with van der Waals surface area (Å²) in [6, 6.07) is 7.35. The number of hydrogen-bond donors (Lipinski definition) is 2. The van der Waals surface area contributed by atoms with E-state index in [1.807, 2.05) is 24.3 Å². The number of nitrogens with two attached hydrogens (primary N) is 2. The Balaban J connectivity index is 2.15. The van der Waals surface area contributed by atoms with E-state index in [1.54, 1.807) is 12.2 Å². The minimum absolute atomic E-state index is 0.113. The maximum atomic E-state index is 10.9. The molecule has 122 valence electrons. The summed E-state index contributed by atoms with van der Waals surface area (Å²) in [7, 11) is 0. The lowest BCUT2D eigenvalue weighted by molar-refractivity contribution is -0.390. The van der Waals surface area contributed by atoms with Gasteiger partial charge < -0.3 is 21.6 Å². The van der Waals surface area contributed by atoms with Gasteiger partial charge in [0.25, 0.3) is 0 Å².